The lowest BCUT2D eigenvalue weighted by Crippen LogP contribution is -2.36. The van der Waals surface area contributed by atoms with Crippen LogP contribution in [0.2, 0.25) is 0 Å². The van der Waals surface area contributed by atoms with Crippen molar-refractivity contribution in [2.45, 2.75) is 103 Å². The molecule has 0 aromatic rings. The summed E-state index contributed by atoms with van der Waals surface area (Å²) < 4.78 is 26.2. The Labute approximate surface area is 152 Å². The highest BCUT2D eigenvalue weighted by molar-refractivity contribution is 7.46. The standard InChI is InChI=1S/C18H37O6P/c1-2-3-4-5-6-7-8-9-10-11-12-13-14-18-22-15-17(16-23-18)24-25(19,20)21/h17-18H,2-16H2,1H3,(H2,19,20,21). The fourth-order valence-corrected chi connectivity index (χ4v) is 3.61. The van der Waals surface area contributed by atoms with Gasteiger partial charge in [-0.2, -0.15) is 0 Å². The molecule has 25 heavy (non-hydrogen) atoms. The third-order valence-corrected chi connectivity index (χ3v) is 5.09. The van der Waals surface area contributed by atoms with Crippen molar-refractivity contribution in [3.8, 4) is 0 Å². The molecule has 0 radical (unpaired) electrons. The zero-order valence-electron chi connectivity index (χ0n) is 15.7. The van der Waals surface area contributed by atoms with E-state index in [9.17, 15) is 4.57 Å². The van der Waals surface area contributed by atoms with Crippen molar-refractivity contribution in [3.05, 3.63) is 0 Å². The molecule has 1 saturated heterocycles. The van der Waals surface area contributed by atoms with Crippen LogP contribution in [0.5, 0.6) is 0 Å². The van der Waals surface area contributed by atoms with Gasteiger partial charge in [0.1, 0.15) is 6.10 Å². The second-order valence-corrected chi connectivity index (χ2v) is 8.18. The molecule has 1 aliphatic rings. The second kappa shape index (κ2) is 14.1. The number of hydrogen-bond acceptors (Lipinski definition) is 4. The van der Waals surface area contributed by atoms with E-state index < -0.39 is 13.9 Å². The fourth-order valence-electron chi connectivity index (χ4n) is 3.10. The number of hydrogen-bond donors (Lipinski definition) is 2. The van der Waals surface area contributed by atoms with Crippen LogP contribution in [0.15, 0.2) is 0 Å². The van der Waals surface area contributed by atoms with Crippen molar-refractivity contribution in [1.29, 1.82) is 0 Å². The van der Waals surface area contributed by atoms with Crippen LogP contribution in [-0.4, -0.2) is 35.4 Å². The average molecular weight is 380 g/mol. The molecule has 6 nitrogen and oxygen atoms in total. The predicted octanol–water partition coefficient (Wildman–Crippen LogP) is 4.93. The molecule has 7 heteroatoms. The van der Waals surface area contributed by atoms with Gasteiger partial charge in [-0.3, -0.25) is 4.52 Å². The monoisotopic (exact) mass is 380 g/mol. The lowest BCUT2D eigenvalue weighted by Gasteiger charge is -2.29. The summed E-state index contributed by atoms with van der Waals surface area (Å²) in [6, 6.07) is 0. The zero-order chi connectivity index (χ0) is 18.4. The Morgan fingerprint density at radius 2 is 1.28 bits per heavy atom. The van der Waals surface area contributed by atoms with Gasteiger partial charge in [0.2, 0.25) is 0 Å². The number of phosphoric ester groups is 1. The SMILES string of the molecule is CCCCCCCCCCCCCCC1OCC(OP(=O)(O)O)CO1. The van der Waals surface area contributed by atoms with E-state index in [1.54, 1.807) is 0 Å². The maximum absolute atomic E-state index is 10.7. The number of ether oxygens (including phenoxy) is 2. The van der Waals surface area contributed by atoms with Crippen molar-refractivity contribution >= 4 is 7.82 Å². The van der Waals surface area contributed by atoms with Crippen LogP contribution < -0.4 is 0 Å². The van der Waals surface area contributed by atoms with Crippen molar-refractivity contribution in [3.63, 3.8) is 0 Å². The summed E-state index contributed by atoms with van der Waals surface area (Å²) in [5, 5.41) is 0. The second-order valence-electron chi connectivity index (χ2n) is 6.99. The van der Waals surface area contributed by atoms with E-state index in [-0.39, 0.29) is 19.5 Å². The van der Waals surface area contributed by atoms with Crippen LogP contribution >= 0.6 is 7.82 Å². The van der Waals surface area contributed by atoms with E-state index in [2.05, 4.69) is 11.4 Å². The van der Waals surface area contributed by atoms with E-state index >= 15 is 0 Å². The number of unbranched alkanes of at least 4 members (excludes halogenated alkanes) is 11. The van der Waals surface area contributed by atoms with Crippen LogP contribution in [0.25, 0.3) is 0 Å². The quantitative estimate of drug-likeness (QED) is 0.309. The first-order valence-electron chi connectivity index (χ1n) is 9.98. The summed E-state index contributed by atoms with van der Waals surface area (Å²) in [5.74, 6) is 0. The van der Waals surface area contributed by atoms with Crippen LogP contribution in [0.1, 0.15) is 90.4 Å². The maximum atomic E-state index is 10.7. The Hall–Kier alpha value is 0.0300. The molecule has 150 valence electrons. The Balaban J connectivity index is 1.84. The lowest BCUT2D eigenvalue weighted by molar-refractivity contribution is -0.215. The summed E-state index contributed by atoms with van der Waals surface area (Å²) in [5.41, 5.74) is 0. The molecule has 0 saturated carbocycles. The lowest BCUT2D eigenvalue weighted by atomic mass is 10.0. The molecule has 2 N–H and O–H groups in total. The normalized spacial score (nSPS) is 21.6. The summed E-state index contributed by atoms with van der Waals surface area (Å²) in [4.78, 5) is 17.5. The highest BCUT2D eigenvalue weighted by atomic mass is 31.2. The highest BCUT2D eigenvalue weighted by Gasteiger charge is 2.28. The van der Waals surface area contributed by atoms with E-state index in [1.807, 2.05) is 0 Å². The predicted molar refractivity (Wildman–Crippen MR) is 98.3 cm³/mol. The van der Waals surface area contributed by atoms with Gasteiger partial charge in [0, 0.05) is 0 Å². The molecule has 1 rings (SSSR count). The van der Waals surface area contributed by atoms with E-state index in [0.717, 1.165) is 12.8 Å². The molecule has 0 atom stereocenters. The van der Waals surface area contributed by atoms with Gasteiger partial charge < -0.3 is 19.3 Å². The Morgan fingerprint density at radius 3 is 1.72 bits per heavy atom. The molecule has 0 amide bonds. The topological polar surface area (TPSA) is 85.2 Å². The summed E-state index contributed by atoms with van der Waals surface area (Å²) in [7, 11) is -4.46. The first kappa shape index (κ1) is 23.1. The minimum Gasteiger partial charge on any atom is -0.350 e. The average Bonchev–Trinajstić information content (AvgIpc) is 2.56. The third kappa shape index (κ3) is 13.8. The largest absolute Gasteiger partial charge is 0.470 e. The molecule has 1 heterocycles. The molecule has 0 bridgehead atoms. The van der Waals surface area contributed by atoms with Gasteiger partial charge in [0.15, 0.2) is 6.29 Å². The van der Waals surface area contributed by atoms with Crippen molar-refractivity contribution in [2.24, 2.45) is 0 Å². The van der Waals surface area contributed by atoms with Gasteiger partial charge in [0.25, 0.3) is 0 Å². The number of phosphoric acid groups is 1. The minimum absolute atomic E-state index is 0.175. The molecule has 1 fully saturated rings. The molecule has 0 aromatic heterocycles. The third-order valence-electron chi connectivity index (χ3n) is 4.52. The van der Waals surface area contributed by atoms with Gasteiger partial charge in [0.05, 0.1) is 13.2 Å². The fraction of sp³-hybridized carbons (Fsp3) is 1.00. The smallest absolute Gasteiger partial charge is 0.350 e. The first-order chi connectivity index (χ1) is 12.0. The highest BCUT2D eigenvalue weighted by Crippen LogP contribution is 2.38. The van der Waals surface area contributed by atoms with Crippen molar-refractivity contribution in [2.75, 3.05) is 13.2 Å². The van der Waals surface area contributed by atoms with Gasteiger partial charge in [-0.15, -0.1) is 0 Å². The van der Waals surface area contributed by atoms with Gasteiger partial charge in [-0.25, -0.2) is 4.57 Å². The summed E-state index contributed by atoms with van der Waals surface area (Å²) in [6.45, 7) is 2.60. The van der Waals surface area contributed by atoms with Crippen LogP contribution in [-0.2, 0) is 18.6 Å². The molecule has 0 unspecified atom stereocenters. The minimum atomic E-state index is -4.46. The Morgan fingerprint density at radius 1 is 0.840 bits per heavy atom. The molecule has 1 aliphatic heterocycles. The molecular weight excluding hydrogens is 343 g/mol. The molecule has 0 spiro atoms. The number of rotatable bonds is 15. The molecule has 0 aromatic carbocycles. The summed E-state index contributed by atoms with van der Waals surface area (Å²) in [6.07, 6.45) is 15.7. The first-order valence-corrected chi connectivity index (χ1v) is 11.5. The maximum Gasteiger partial charge on any atom is 0.470 e. The van der Waals surface area contributed by atoms with Crippen molar-refractivity contribution in [1.82, 2.24) is 0 Å². The molecular formula is C18H37O6P. The van der Waals surface area contributed by atoms with Crippen LogP contribution in [0.3, 0.4) is 0 Å². The summed E-state index contributed by atoms with van der Waals surface area (Å²) >= 11 is 0. The van der Waals surface area contributed by atoms with Gasteiger partial charge in [-0.1, -0.05) is 77.6 Å². The zero-order valence-corrected chi connectivity index (χ0v) is 16.6. The van der Waals surface area contributed by atoms with Crippen LogP contribution in [0, 0.1) is 0 Å². The Bertz CT molecular complexity index is 351. The van der Waals surface area contributed by atoms with E-state index in [1.165, 1.54) is 70.6 Å². The van der Waals surface area contributed by atoms with Crippen molar-refractivity contribution < 1.29 is 28.3 Å². The van der Waals surface area contributed by atoms with Gasteiger partial charge in [-0.05, 0) is 12.8 Å². The molecule has 0 aliphatic carbocycles. The van der Waals surface area contributed by atoms with E-state index in [0.29, 0.717) is 0 Å². The van der Waals surface area contributed by atoms with Gasteiger partial charge >= 0.3 is 7.82 Å². The van der Waals surface area contributed by atoms with Crippen LogP contribution in [0.4, 0.5) is 0 Å². The Kier molecular flexibility index (Phi) is 13.0. The van der Waals surface area contributed by atoms with E-state index in [4.69, 9.17) is 19.3 Å².